The van der Waals surface area contributed by atoms with Gasteiger partial charge in [-0.3, -0.25) is 14.4 Å². The van der Waals surface area contributed by atoms with E-state index in [9.17, 15) is 19.5 Å². The predicted octanol–water partition coefficient (Wildman–Crippen LogP) is 4.36. The van der Waals surface area contributed by atoms with Crippen molar-refractivity contribution in [2.75, 3.05) is 13.6 Å². The summed E-state index contributed by atoms with van der Waals surface area (Å²) in [6.07, 6.45) is 17.5. The van der Waals surface area contributed by atoms with Gasteiger partial charge in [-0.25, -0.2) is 0 Å². The lowest BCUT2D eigenvalue weighted by Crippen LogP contribution is -2.33. The van der Waals surface area contributed by atoms with Crippen LogP contribution in [0.5, 0.6) is 0 Å². The van der Waals surface area contributed by atoms with E-state index in [0.717, 1.165) is 24.7 Å². The smallest absolute Gasteiger partial charge is 0.261 e. The maximum absolute atomic E-state index is 13.0. The third kappa shape index (κ3) is 4.26. The highest BCUT2D eigenvalue weighted by molar-refractivity contribution is 6.26. The molecule has 2 heterocycles. The third-order valence-electron chi connectivity index (χ3n) is 9.96. The number of allylic oxidation sites excluding steroid dienone is 5. The molecule has 0 aromatic rings. The van der Waals surface area contributed by atoms with Crippen molar-refractivity contribution in [1.82, 2.24) is 10.2 Å². The molecule has 36 heavy (non-hydrogen) atoms. The summed E-state index contributed by atoms with van der Waals surface area (Å²) in [5, 5.41) is 13.8. The van der Waals surface area contributed by atoms with Gasteiger partial charge >= 0.3 is 0 Å². The summed E-state index contributed by atoms with van der Waals surface area (Å²) >= 11 is 0. The van der Waals surface area contributed by atoms with Crippen LogP contribution in [0.2, 0.25) is 0 Å². The van der Waals surface area contributed by atoms with E-state index < -0.39 is 11.9 Å². The van der Waals surface area contributed by atoms with Crippen molar-refractivity contribution in [1.29, 1.82) is 0 Å². The molecule has 0 unspecified atom stereocenters. The van der Waals surface area contributed by atoms with E-state index >= 15 is 0 Å². The first-order valence-corrected chi connectivity index (χ1v) is 13.9. The summed E-state index contributed by atoms with van der Waals surface area (Å²) in [7, 11) is 1.61. The molecule has 6 heteroatoms. The van der Waals surface area contributed by atoms with E-state index in [1.165, 1.54) is 17.7 Å². The molecule has 3 aliphatic carbocycles. The van der Waals surface area contributed by atoms with E-state index in [1.807, 2.05) is 12.2 Å². The van der Waals surface area contributed by atoms with Crippen LogP contribution < -0.4 is 5.32 Å². The SMILES string of the molecule is CC[C@H]1[C@@H]2C=C[C@@H]3[C@H]4CC=CC(=O)NCCC[C@H]5C(=O)C(=C(O)C=C[C@@H]4C[C@@H]3[C@H]2C[C@H]1C)C(=O)N5C. The molecule has 2 amide bonds. The molecule has 2 N–H and O–H groups in total. The fraction of sp³-hybridized carbons (Fsp3) is 0.633. The van der Waals surface area contributed by atoms with Crippen LogP contribution in [0.25, 0.3) is 0 Å². The molecule has 6 nitrogen and oxygen atoms in total. The van der Waals surface area contributed by atoms with Gasteiger partial charge in [-0.1, -0.05) is 44.6 Å². The first-order valence-electron chi connectivity index (χ1n) is 13.9. The van der Waals surface area contributed by atoms with Gasteiger partial charge in [0.15, 0.2) is 5.78 Å². The van der Waals surface area contributed by atoms with Gasteiger partial charge in [-0.05, 0) is 91.6 Å². The number of aliphatic hydroxyl groups is 1. The number of amides is 2. The molecule has 0 radical (unpaired) electrons. The number of carbonyl (C=O) groups is 3. The molecule has 0 spiro atoms. The Morgan fingerprint density at radius 3 is 2.56 bits per heavy atom. The summed E-state index contributed by atoms with van der Waals surface area (Å²) in [6, 6.07) is -0.594. The van der Waals surface area contributed by atoms with Crippen molar-refractivity contribution in [3.8, 4) is 0 Å². The zero-order valence-electron chi connectivity index (χ0n) is 21.7. The Balaban J connectivity index is 1.47. The van der Waals surface area contributed by atoms with Crippen LogP contribution in [0, 0.1) is 47.3 Å². The molecule has 2 saturated carbocycles. The van der Waals surface area contributed by atoms with Crippen LogP contribution in [0.4, 0.5) is 0 Å². The number of nitrogens with zero attached hydrogens (tertiary/aromatic N) is 1. The van der Waals surface area contributed by atoms with E-state index in [-0.39, 0.29) is 28.9 Å². The molecule has 0 aromatic heterocycles. The van der Waals surface area contributed by atoms with E-state index in [1.54, 1.807) is 19.2 Å². The standard InChI is InChI=1S/C30H40N2O4/c1-4-19-17(2)15-23-21(19)11-12-22-20-7-5-9-27(34)31-14-6-8-25-29(35)28(30(36)32(25)3)26(33)13-10-18(20)16-24(22)23/h5,9-13,17-25,33H,4,6-8,14-16H2,1-3H3,(H,31,34)/t17-,18-,19-,20+,21+,22-,23+,24+,25+/m1/s1. The predicted molar refractivity (Wildman–Crippen MR) is 139 cm³/mol. The number of nitrogens with one attached hydrogen (secondary N) is 1. The molecule has 194 valence electrons. The van der Waals surface area contributed by atoms with Gasteiger partial charge < -0.3 is 15.3 Å². The third-order valence-corrected chi connectivity index (χ3v) is 9.96. The maximum Gasteiger partial charge on any atom is 0.261 e. The van der Waals surface area contributed by atoms with Crippen molar-refractivity contribution < 1.29 is 19.5 Å². The number of fused-ring (bicyclic) bond motifs is 7. The summed E-state index contributed by atoms with van der Waals surface area (Å²) in [5.74, 6) is 3.30. The number of rotatable bonds is 1. The van der Waals surface area contributed by atoms with Crippen molar-refractivity contribution in [3.05, 3.63) is 47.8 Å². The first-order chi connectivity index (χ1) is 17.3. The van der Waals surface area contributed by atoms with Gasteiger partial charge in [0.1, 0.15) is 11.3 Å². The summed E-state index contributed by atoms with van der Waals surface area (Å²) < 4.78 is 0. The number of likely N-dealkylation sites (tertiary alicyclic amines) is 1. The summed E-state index contributed by atoms with van der Waals surface area (Å²) in [4.78, 5) is 39.7. The number of aliphatic hydroxyl groups excluding tert-OH is 1. The Morgan fingerprint density at radius 2 is 1.78 bits per heavy atom. The van der Waals surface area contributed by atoms with Crippen LogP contribution in [-0.2, 0) is 14.4 Å². The molecule has 3 fully saturated rings. The molecule has 1 saturated heterocycles. The Bertz CT molecular complexity index is 1040. The largest absolute Gasteiger partial charge is 0.507 e. The highest BCUT2D eigenvalue weighted by Crippen LogP contribution is 2.59. The molecule has 5 rings (SSSR count). The number of ketones is 1. The van der Waals surface area contributed by atoms with Gasteiger partial charge in [0.2, 0.25) is 5.91 Å². The van der Waals surface area contributed by atoms with Gasteiger partial charge in [-0.2, -0.15) is 0 Å². The highest BCUT2D eigenvalue weighted by Gasteiger charge is 2.52. The number of carbonyl (C=O) groups excluding carboxylic acids is 3. The van der Waals surface area contributed by atoms with Crippen LogP contribution in [-0.4, -0.2) is 47.2 Å². The molecule has 2 aliphatic heterocycles. The highest BCUT2D eigenvalue weighted by atomic mass is 16.3. The minimum absolute atomic E-state index is 0.0999. The molecular formula is C30H40N2O4. The fourth-order valence-electron chi connectivity index (χ4n) is 8.21. The van der Waals surface area contributed by atoms with Crippen molar-refractivity contribution in [2.24, 2.45) is 47.3 Å². The lowest BCUT2D eigenvalue weighted by atomic mass is 9.69. The molecule has 9 atom stereocenters. The quantitative estimate of drug-likeness (QED) is 0.421. The fourth-order valence-corrected chi connectivity index (χ4v) is 8.21. The lowest BCUT2D eigenvalue weighted by molar-refractivity contribution is -0.125. The van der Waals surface area contributed by atoms with Gasteiger partial charge in [-0.15, -0.1) is 0 Å². The normalized spacial score (nSPS) is 40.9. The first kappa shape index (κ1) is 25.0. The van der Waals surface area contributed by atoms with E-state index in [4.69, 9.17) is 0 Å². The van der Waals surface area contributed by atoms with Crippen LogP contribution >= 0.6 is 0 Å². The lowest BCUT2D eigenvalue weighted by Gasteiger charge is -2.35. The van der Waals surface area contributed by atoms with Crippen LogP contribution in [0.15, 0.2) is 47.8 Å². The Kier molecular flexibility index (Phi) is 6.97. The zero-order valence-corrected chi connectivity index (χ0v) is 21.7. The van der Waals surface area contributed by atoms with Gasteiger partial charge in [0.05, 0.1) is 6.04 Å². The zero-order chi connectivity index (χ0) is 25.6. The van der Waals surface area contributed by atoms with Gasteiger partial charge in [0.25, 0.3) is 5.91 Å². The van der Waals surface area contributed by atoms with Crippen molar-refractivity contribution in [2.45, 2.75) is 58.4 Å². The molecule has 0 aromatic carbocycles. The molecule has 2 bridgehead atoms. The van der Waals surface area contributed by atoms with Crippen LogP contribution in [0.3, 0.4) is 0 Å². The van der Waals surface area contributed by atoms with Crippen LogP contribution in [0.1, 0.15) is 52.4 Å². The topological polar surface area (TPSA) is 86.7 Å². The second-order valence-corrected chi connectivity index (χ2v) is 11.7. The van der Waals surface area contributed by atoms with Gasteiger partial charge in [0, 0.05) is 13.6 Å². The number of hydrogen-bond acceptors (Lipinski definition) is 4. The monoisotopic (exact) mass is 492 g/mol. The number of Topliss-reactive ketones (excluding diaryl/α,β-unsaturated/α-hetero) is 1. The summed E-state index contributed by atoms with van der Waals surface area (Å²) in [6.45, 7) is 5.15. The van der Waals surface area contributed by atoms with Crippen molar-refractivity contribution >= 4 is 17.6 Å². The Morgan fingerprint density at radius 1 is 1.03 bits per heavy atom. The minimum Gasteiger partial charge on any atom is -0.507 e. The Labute approximate surface area is 214 Å². The second-order valence-electron chi connectivity index (χ2n) is 11.7. The van der Waals surface area contributed by atoms with E-state index in [0.29, 0.717) is 49.0 Å². The average Bonchev–Trinajstić information content (AvgIpc) is 3.44. The molecular weight excluding hydrogens is 452 g/mol. The second kappa shape index (κ2) is 10.0. The number of hydrogen-bond donors (Lipinski definition) is 2. The summed E-state index contributed by atoms with van der Waals surface area (Å²) in [5.41, 5.74) is -0.0999. The maximum atomic E-state index is 13.0. The Hall–Kier alpha value is -2.63. The minimum atomic E-state index is -0.594. The van der Waals surface area contributed by atoms with Crippen molar-refractivity contribution in [3.63, 3.8) is 0 Å². The number of likely N-dealkylation sites (N-methyl/N-ethyl adjacent to an activating group) is 1. The average molecular weight is 493 g/mol. The van der Waals surface area contributed by atoms with E-state index in [2.05, 4.69) is 31.3 Å². The molecule has 5 aliphatic rings.